The van der Waals surface area contributed by atoms with Crippen molar-refractivity contribution in [1.82, 2.24) is 5.32 Å². The molecule has 0 aliphatic rings. The van der Waals surface area contributed by atoms with Crippen LogP contribution in [0.25, 0.3) is 0 Å². The molecule has 1 amide bonds. The predicted octanol–water partition coefficient (Wildman–Crippen LogP) is 7.83. The van der Waals surface area contributed by atoms with Gasteiger partial charge in [-0.15, -0.1) is 0 Å². The van der Waals surface area contributed by atoms with E-state index in [9.17, 15) is 13.2 Å². The van der Waals surface area contributed by atoms with Crippen molar-refractivity contribution in [3.63, 3.8) is 0 Å². The zero-order chi connectivity index (χ0) is 29.1. The minimum absolute atomic E-state index is 0.0282. The molecule has 0 radical (unpaired) electrons. The van der Waals surface area contributed by atoms with E-state index in [1.165, 1.54) is 9.87 Å². The third kappa shape index (κ3) is 6.75. The highest BCUT2D eigenvalue weighted by molar-refractivity contribution is 7.92. The standard InChI is InChI=1S/C33H35ClN2O3S/c1-23-10-20-29(21-11-23)40(38,39)36(22-25-12-18-28(34)19-13-25)31-9-7-6-8-30(31)32(37)35-24(2)26-14-16-27(17-15-26)33(3,4)5/h6-21,24H,22H2,1-5H3,(H,35,37)/t24-/m1/s1. The Hall–Kier alpha value is -3.61. The average molecular weight is 575 g/mol. The summed E-state index contributed by atoms with van der Waals surface area (Å²) in [5, 5.41) is 3.61. The van der Waals surface area contributed by atoms with Crippen LogP contribution in [0, 0.1) is 6.92 Å². The summed E-state index contributed by atoms with van der Waals surface area (Å²) >= 11 is 6.08. The van der Waals surface area contributed by atoms with Crippen LogP contribution in [0.2, 0.25) is 5.02 Å². The van der Waals surface area contributed by atoms with E-state index in [0.29, 0.717) is 10.7 Å². The SMILES string of the molecule is Cc1ccc(S(=O)(=O)N(Cc2ccc(Cl)cc2)c2ccccc2C(=O)N[C@H](C)c2ccc(C(C)(C)C)cc2)cc1. The van der Waals surface area contributed by atoms with Crippen molar-refractivity contribution < 1.29 is 13.2 Å². The molecular formula is C33H35ClN2O3S. The maximum atomic E-state index is 14.0. The zero-order valence-electron chi connectivity index (χ0n) is 23.5. The van der Waals surface area contributed by atoms with Crippen molar-refractivity contribution in [3.8, 4) is 0 Å². The summed E-state index contributed by atoms with van der Waals surface area (Å²) in [7, 11) is -4.01. The minimum atomic E-state index is -4.01. The van der Waals surface area contributed by atoms with E-state index in [-0.39, 0.29) is 34.4 Å². The average Bonchev–Trinajstić information content (AvgIpc) is 2.92. The van der Waals surface area contributed by atoms with Gasteiger partial charge in [0.05, 0.1) is 28.7 Å². The van der Waals surface area contributed by atoms with Gasteiger partial charge in [0.2, 0.25) is 0 Å². The van der Waals surface area contributed by atoms with Crippen LogP contribution in [0.4, 0.5) is 5.69 Å². The van der Waals surface area contributed by atoms with E-state index in [2.05, 4.69) is 38.2 Å². The molecule has 0 aliphatic heterocycles. The highest BCUT2D eigenvalue weighted by Crippen LogP contribution is 2.31. The molecule has 5 nitrogen and oxygen atoms in total. The lowest BCUT2D eigenvalue weighted by Crippen LogP contribution is -2.34. The van der Waals surface area contributed by atoms with Gasteiger partial charge in [-0.25, -0.2) is 8.42 Å². The van der Waals surface area contributed by atoms with Crippen molar-refractivity contribution in [3.05, 3.63) is 130 Å². The molecule has 4 aromatic carbocycles. The molecule has 0 spiro atoms. The topological polar surface area (TPSA) is 66.5 Å². The first-order chi connectivity index (χ1) is 18.9. The molecule has 0 aliphatic carbocycles. The second kappa shape index (κ2) is 11.9. The highest BCUT2D eigenvalue weighted by atomic mass is 35.5. The van der Waals surface area contributed by atoms with Crippen molar-refractivity contribution in [2.24, 2.45) is 0 Å². The Morgan fingerprint density at radius 2 is 1.48 bits per heavy atom. The number of nitrogens with zero attached hydrogens (tertiary/aromatic N) is 1. The molecule has 0 saturated heterocycles. The van der Waals surface area contributed by atoms with Crippen LogP contribution in [-0.2, 0) is 22.0 Å². The fraction of sp³-hybridized carbons (Fsp3) is 0.242. The summed E-state index contributed by atoms with van der Waals surface area (Å²) in [6, 6.07) is 28.4. The summed E-state index contributed by atoms with van der Waals surface area (Å²) in [6.45, 7) is 10.3. The lowest BCUT2D eigenvalue weighted by Gasteiger charge is -2.27. The number of hydrogen-bond donors (Lipinski definition) is 1. The monoisotopic (exact) mass is 574 g/mol. The molecule has 4 aromatic rings. The third-order valence-corrected chi connectivity index (χ3v) is 8.92. The molecule has 7 heteroatoms. The minimum Gasteiger partial charge on any atom is -0.345 e. The molecule has 1 atom stereocenters. The number of hydrogen-bond acceptors (Lipinski definition) is 3. The van der Waals surface area contributed by atoms with Crippen LogP contribution in [0.15, 0.2) is 102 Å². The molecule has 40 heavy (non-hydrogen) atoms. The molecular weight excluding hydrogens is 540 g/mol. The van der Waals surface area contributed by atoms with Gasteiger partial charge >= 0.3 is 0 Å². The van der Waals surface area contributed by atoms with Crippen molar-refractivity contribution in [2.45, 2.75) is 57.5 Å². The molecule has 0 unspecified atom stereocenters. The van der Waals surface area contributed by atoms with Gasteiger partial charge in [0.1, 0.15) is 0 Å². The van der Waals surface area contributed by atoms with E-state index in [1.807, 2.05) is 26.0 Å². The number of nitrogens with one attached hydrogen (secondary N) is 1. The molecule has 0 bridgehead atoms. The first kappa shape index (κ1) is 29.4. The molecule has 0 saturated carbocycles. The largest absolute Gasteiger partial charge is 0.345 e. The Bertz CT molecular complexity index is 1580. The Morgan fingerprint density at radius 1 is 0.875 bits per heavy atom. The molecule has 208 valence electrons. The lowest BCUT2D eigenvalue weighted by molar-refractivity contribution is 0.0940. The van der Waals surface area contributed by atoms with E-state index >= 15 is 0 Å². The van der Waals surface area contributed by atoms with Gasteiger partial charge in [-0.2, -0.15) is 0 Å². The second-order valence-electron chi connectivity index (χ2n) is 11.0. The Balaban J connectivity index is 1.70. The zero-order valence-corrected chi connectivity index (χ0v) is 25.1. The summed E-state index contributed by atoms with van der Waals surface area (Å²) in [6.07, 6.45) is 0. The fourth-order valence-corrected chi connectivity index (χ4v) is 6.00. The van der Waals surface area contributed by atoms with Gasteiger partial charge in [-0.3, -0.25) is 9.10 Å². The Kier molecular flexibility index (Phi) is 8.71. The highest BCUT2D eigenvalue weighted by Gasteiger charge is 2.29. The van der Waals surface area contributed by atoms with Gasteiger partial charge < -0.3 is 5.32 Å². The predicted molar refractivity (Wildman–Crippen MR) is 163 cm³/mol. The van der Waals surface area contributed by atoms with Crippen LogP contribution in [-0.4, -0.2) is 14.3 Å². The quantitative estimate of drug-likeness (QED) is 0.233. The van der Waals surface area contributed by atoms with Crippen LogP contribution < -0.4 is 9.62 Å². The van der Waals surface area contributed by atoms with Gasteiger partial charge in [-0.05, 0) is 72.4 Å². The number of amides is 1. The van der Waals surface area contributed by atoms with Gasteiger partial charge in [0, 0.05) is 5.02 Å². The van der Waals surface area contributed by atoms with Crippen molar-refractivity contribution in [2.75, 3.05) is 4.31 Å². The Morgan fingerprint density at radius 3 is 2.08 bits per heavy atom. The second-order valence-corrected chi connectivity index (χ2v) is 13.3. The third-order valence-electron chi connectivity index (χ3n) is 6.89. The molecule has 0 heterocycles. The Labute approximate surface area is 242 Å². The fourth-order valence-electron chi connectivity index (χ4n) is 4.41. The van der Waals surface area contributed by atoms with Crippen molar-refractivity contribution in [1.29, 1.82) is 0 Å². The first-order valence-corrected chi connectivity index (χ1v) is 15.0. The number of aryl methyl sites for hydroxylation is 1. The number of carbonyl (C=O) groups is 1. The number of anilines is 1. The first-order valence-electron chi connectivity index (χ1n) is 13.2. The summed E-state index contributed by atoms with van der Waals surface area (Å²) in [5.41, 5.74) is 4.45. The summed E-state index contributed by atoms with van der Waals surface area (Å²) < 4.78 is 29.3. The number of para-hydroxylation sites is 1. The van der Waals surface area contributed by atoms with E-state index in [0.717, 1.165) is 16.7 Å². The smallest absolute Gasteiger partial charge is 0.264 e. The van der Waals surface area contributed by atoms with Crippen LogP contribution in [0.1, 0.15) is 66.3 Å². The van der Waals surface area contributed by atoms with E-state index < -0.39 is 10.0 Å². The number of sulfonamides is 1. The van der Waals surface area contributed by atoms with E-state index in [4.69, 9.17) is 11.6 Å². The van der Waals surface area contributed by atoms with E-state index in [1.54, 1.807) is 72.8 Å². The van der Waals surface area contributed by atoms with Gasteiger partial charge in [-0.1, -0.05) is 98.6 Å². The summed E-state index contributed by atoms with van der Waals surface area (Å²) in [5.74, 6) is -0.358. The number of halogens is 1. The van der Waals surface area contributed by atoms with Crippen LogP contribution in [0.5, 0.6) is 0 Å². The maximum absolute atomic E-state index is 14.0. The summed E-state index contributed by atoms with van der Waals surface area (Å²) in [4.78, 5) is 13.8. The number of rotatable bonds is 8. The van der Waals surface area contributed by atoms with Crippen LogP contribution >= 0.6 is 11.6 Å². The number of carbonyl (C=O) groups excluding carboxylic acids is 1. The lowest BCUT2D eigenvalue weighted by atomic mass is 9.86. The molecule has 0 fully saturated rings. The molecule has 0 aromatic heterocycles. The van der Waals surface area contributed by atoms with Gasteiger partial charge in [0.15, 0.2) is 0 Å². The maximum Gasteiger partial charge on any atom is 0.264 e. The molecule has 4 rings (SSSR count). The van der Waals surface area contributed by atoms with Crippen molar-refractivity contribution >= 4 is 33.2 Å². The van der Waals surface area contributed by atoms with Gasteiger partial charge in [0.25, 0.3) is 15.9 Å². The van der Waals surface area contributed by atoms with Crippen LogP contribution in [0.3, 0.4) is 0 Å². The number of benzene rings is 4. The molecule has 1 N–H and O–H groups in total. The normalized spacial score (nSPS) is 12.6.